The summed E-state index contributed by atoms with van der Waals surface area (Å²) in [6.07, 6.45) is 1.52. The first-order valence-corrected chi connectivity index (χ1v) is 10.1. The SMILES string of the molecule is N=C(/N=C(\N)Cc1ccc(Cl)cc1)N1CCN(CCc2ccc(Cl)cc2)CC1. The molecule has 0 saturated carbocycles. The molecule has 2 aromatic rings. The van der Waals surface area contributed by atoms with E-state index < -0.39 is 0 Å². The number of aliphatic imine (C=N–C) groups is 1. The normalized spacial score (nSPS) is 15.6. The van der Waals surface area contributed by atoms with Gasteiger partial charge in [0.15, 0.2) is 0 Å². The third kappa shape index (κ3) is 6.23. The van der Waals surface area contributed by atoms with E-state index in [4.69, 9.17) is 34.3 Å². The Balaban J connectivity index is 1.43. The fourth-order valence-corrected chi connectivity index (χ4v) is 3.43. The van der Waals surface area contributed by atoms with Crippen LogP contribution in [0.2, 0.25) is 10.0 Å². The van der Waals surface area contributed by atoms with Crippen LogP contribution in [-0.4, -0.2) is 54.3 Å². The molecule has 1 fully saturated rings. The molecule has 0 unspecified atom stereocenters. The van der Waals surface area contributed by atoms with Crippen LogP contribution in [0.25, 0.3) is 0 Å². The van der Waals surface area contributed by atoms with Gasteiger partial charge in [-0.2, -0.15) is 0 Å². The highest BCUT2D eigenvalue weighted by Gasteiger charge is 2.18. The maximum Gasteiger partial charge on any atom is 0.219 e. The number of hydrogen-bond acceptors (Lipinski definition) is 2. The van der Waals surface area contributed by atoms with Gasteiger partial charge in [0, 0.05) is 49.2 Å². The first kappa shape index (κ1) is 20.6. The van der Waals surface area contributed by atoms with Gasteiger partial charge in [0.05, 0.1) is 0 Å². The van der Waals surface area contributed by atoms with E-state index in [1.807, 2.05) is 41.3 Å². The van der Waals surface area contributed by atoms with Crippen molar-refractivity contribution in [3.63, 3.8) is 0 Å². The summed E-state index contributed by atoms with van der Waals surface area (Å²) < 4.78 is 0. The first-order chi connectivity index (χ1) is 13.5. The van der Waals surface area contributed by atoms with Crippen LogP contribution in [0, 0.1) is 5.41 Å². The quantitative estimate of drug-likeness (QED) is 0.575. The van der Waals surface area contributed by atoms with Crippen LogP contribution in [0.3, 0.4) is 0 Å². The van der Waals surface area contributed by atoms with Gasteiger partial charge in [0.25, 0.3) is 0 Å². The maximum atomic E-state index is 8.24. The third-order valence-corrected chi connectivity index (χ3v) is 5.35. The zero-order chi connectivity index (χ0) is 19.9. The van der Waals surface area contributed by atoms with Gasteiger partial charge >= 0.3 is 0 Å². The summed E-state index contributed by atoms with van der Waals surface area (Å²) >= 11 is 11.8. The molecule has 0 spiro atoms. The van der Waals surface area contributed by atoms with E-state index in [2.05, 4.69) is 22.0 Å². The average molecular weight is 418 g/mol. The van der Waals surface area contributed by atoms with Crippen molar-refractivity contribution in [2.45, 2.75) is 12.8 Å². The number of hydrogen-bond donors (Lipinski definition) is 2. The molecule has 3 N–H and O–H groups in total. The Hall–Kier alpha value is -2.08. The van der Waals surface area contributed by atoms with Crippen molar-refractivity contribution in [1.29, 1.82) is 5.41 Å². The molecular weight excluding hydrogens is 393 g/mol. The Morgan fingerprint density at radius 1 is 0.893 bits per heavy atom. The highest BCUT2D eigenvalue weighted by molar-refractivity contribution is 6.30. The van der Waals surface area contributed by atoms with Crippen LogP contribution in [-0.2, 0) is 12.8 Å². The summed E-state index contributed by atoms with van der Waals surface area (Å²) in [5.41, 5.74) is 8.35. The van der Waals surface area contributed by atoms with Crippen LogP contribution < -0.4 is 5.73 Å². The Labute approximate surface area is 176 Å². The molecule has 1 heterocycles. The molecule has 0 aliphatic carbocycles. The van der Waals surface area contributed by atoms with E-state index in [1.165, 1.54) is 5.56 Å². The van der Waals surface area contributed by atoms with Crippen molar-refractivity contribution in [3.05, 3.63) is 69.7 Å². The van der Waals surface area contributed by atoms with Crippen LogP contribution in [0.4, 0.5) is 0 Å². The minimum Gasteiger partial charge on any atom is -0.387 e. The molecule has 1 aliphatic heterocycles. The largest absolute Gasteiger partial charge is 0.387 e. The monoisotopic (exact) mass is 417 g/mol. The molecule has 3 rings (SSSR count). The van der Waals surface area contributed by atoms with E-state index in [9.17, 15) is 0 Å². The number of piperazine rings is 1. The van der Waals surface area contributed by atoms with E-state index in [0.29, 0.717) is 17.3 Å². The Morgan fingerprint density at radius 3 is 2.00 bits per heavy atom. The van der Waals surface area contributed by atoms with Gasteiger partial charge in [0.2, 0.25) is 5.96 Å². The summed E-state index contributed by atoms with van der Waals surface area (Å²) in [6, 6.07) is 15.5. The number of benzene rings is 2. The van der Waals surface area contributed by atoms with E-state index in [1.54, 1.807) is 0 Å². The molecule has 2 aromatic carbocycles. The zero-order valence-electron chi connectivity index (χ0n) is 15.7. The second-order valence-corrected chi connectivity index (χ2v) is 7.81. The van der Waals surface area contributed by atoms with E-state index in [0.717, 1.165) is 49.7 Å². The van der Waals surface area contributed by atoms with Gasteiger partial charge in [-0.25, -0.2) is 4.99 Å². The van der Waals surface area contributed by atoms with Gasteiger partial charge in [-0.3, -0.25) is 10.3 Å². The Kier molecular flexibility index (Phi) is 7.31. The van der Waals surface area contributed by atoms with Crippen molar-refractivity contribution in [1.82, 2.24) is 9.80 Å². The molecule has 5 nitrogen and oxygen atoms in total. The predicted octanol–water partition coefficient (Wildman–Crippen LogP) is 3.69. The number of nitrogens with zero attached hydrogens (tertiary/aromatic N) is 3. The van der Waals surface area contributed by atoms with Gasteiger partial charge in [-0.1, -0.05) is 47.5 Å². The molecule has 0 radical (unpaired) electrons. The molecule has 1 aliphatic rings. The zero-order valence-corrected chi connectivity index (χ0v) is 17.3. The highest BCUT2D eigenvalue weighted by atomic mass is 35.5. The third-order valence-electron chi connectivity index (χ3n) is 4.85. The topological polar surface area (TPSA) is 68.7 Å². The van der Waals surface area contributed by atoms with Crippen molar-refractivity contribution in [3.8, 4) is 0 Å². The van der Waals surface area contributed by atoms with Gasteiger partial charge in [0.1, 0.15) is 5.84 Å². The lowest BCUT2D eigenvalue weighted by molar-refractivity contribution is 0.182. The summed E-state index contributed by atoms with van der Waals surface area (Å²) in [5.74, 6) is 0.682. The molecule has 0 aromatic heterocycles. The van der Waals surface area contributed by atoms with Crippen LogP contribution in [0.15, 0.2) is 53.5 Å². The molecule has 0 amide bonds. The molecule has 148 valence electrons. The molecule has 0 bridgehead atoms. The summed E-state index contributed by atoms with van der Waals surface area (Å²) in [7, 11) is 0. The standard InChI is InChI=1S/C21H25Cl2N5/c22-18-5-1-16(2-6-18)9-10-27-11-13-28(14-12-27)21(25)26-20(24)15-17-3-7-19(23)8-4-17/h1-8H,9-15H2,(H3,24,25,26). The van der Waals surface area contributed by atoms with Crippen LogP contribution in [0.5, 0.6) is 0 Å². The molecule has 1 saturated heterocycles. The lowest BCUT2D eigenvalue weighted by Gasteiger charge is -2.34. The number of amidine groups is 1. The average Bonchev–Trinajstić information content (AvgIpc) is 2.69. The minimum absolute atomic E-state index is 0.240. The maximum absolute atomic E-state index is 8.24. The minimum atomic E-state index is 0.240. The lowest BCUT2D eigenvalue weighted by atomic mass is 10.1. The number of nitrogens with two attached hydrogens (primary N) is 1. The van der Waals surface area contributed by atoms with Crippen LogP contribution >= 0.6 is 23.2 Å². The summed E-state index contributed by atoms with van der Waals surface area (Å²) in [4.78, 5) is 8.68. The predicted molar refractivity (Wildman–Crippen MR) is 118 cm³/mol. The number of halogens is 2. The number of nitrogens with one attached hydrogen (secondary N) is 1. The number of rotatable bonds is 5. The fraction of sp³-hybridized carbons (Fsp3) is 0.333. The Bertz CT molecular complexity index is 810. The second kappa shape index (κ2) is 9.92. The fourth-order valence-electron chi connectivity index (χ4n) is 3.18. The van der Waals surface area contributed by atoms with Crippen molar-refractivity contribution in [2.75, 3.05) is 32.7 Å². The second-order valence-electron chi connectivity index (χ2n) is 6.94. The van der Waals surface area contributed by atoms with Crippen molar-refractivity contribution >= 4 is 35.0 Å². The lowest BCUT2D eigenvalue weighted by Crippen LogP contribution is -2.48. The first-order valence-electron chi connectivity index (χ1n) is 9.37. The molecular formula is C21H25Cl2N5. The van der Waals surface area contributed by atoms with Gasteiger partial charge < -0.3 is 10.6 Å². The molecule has 0 atom stereocenters. The van der Waals surface area contributed by atoms with E-state index in [-0.39, 0.29) is 5.96 Å². The number of guanidine groups is 1. The van der Waals surface area contributed by atoms with Crippen molar-refractivity contribution < 1.29 is 0 Å². The smallest absolute Gasteiger partial charge is 0.219 e. The molecule has 28 heavy (non-hydrogen) atoms. The highest BCUT2D eigenvalue weighted by Crippen LogP contribution is 2.12. The Morgan fingerprint density at radius 2 is 1.43 bits per heavy atom. The summed E-state index contributed by atoms with van der Waals surface area (Å²) in [5, 5.41) is 9.71. The van der Waals surface area contributed by atoms with E-state index >= 15 is 0 Å². The van der Waals surface area contributed by atoms with Gasteiger partial charge in [-0.15, -0.1) is 0 Å². The van der Waals surface area contributed by atoms with Crippen LogP contribution in [0.1, 0.15) is 11.1 Å². The van der Waals surface area contributed by atoms with Gasteiger partial charge in [-0.05, 0) is 41.8 Å². The molecule has 7 heteroatoms. The summed E-state index contributed by atoms with van der Waals surface area (Å²) in [6.45, 7) is 4.42. The van der Waals surface area contributed by atoms with Crippen molar-refractivity contribution in [2.24, 2.45) is 10.7 Å².